The van der Waals surface area contributed by atoms with Crippen LogP contribution >= 0.6 is 0 Å². The number of nitrogens with zero attached hydrogens (tertiary/aromatic N) is 2. The molecule has 1 aromatic rings. The van der Waals surface area contributed by atoms with Gasteiger partial charge in [0.2, 0.25) is 5.91 Å². The number of nitrogen functional groups attached to an aromatic ring is 1. The number of nitrogens with two attached hydrogens (primary N) is 2. The first-order chi connectivity index (χ1) is 8.40. The van der Waals surface area contributed by atoms with E-state index in [0.29, 0.717) is 0 Å². The number of carbonyl (C=O) groups excluding carboxylic acids is 1. The molecule has 0 aliphatic heterocycles. The van der Waals surface area contributed by atoms with Crippen LogP contribution in [0.25, 0.3) is 0 Å². The maximum absolute atomic E-state index is 11.4. The highest BCUT2D eigenvalue weighted by molar-refractivity contribution is 5.84. The number of aromatic nitrogens is 2. The molecule has 1 atom stereocenters. The molecule has 98 valence electrons. The van der Waals surface area contributed by atoms with Crippen LogP contribution in [0.2, 0.25) is 0 Å². The zero-order chi connectivity index (χ0) is 13.7. The summed E-state index contributed by atoms with van der Waals surface area (Å²) in [4.78, 5) is 36.4. The van der Waals surface area contributed by atoms with Gasteiger partial charge in [-0.3, -0.25) is 14.2 Å². The van der Waals surface area contributed by atoms with E-state index in [9.17, 15) is 14.4 Å². The van der Waals surface area contributed by atoms with Gasteiger partial charge >= 0.3 is 11.7 Å². The van der Waals surface area contributed by atoms with Crippen molar-refractivity contribution in [2.45, 2.75) is 12.6 Å². The molecule has 0 saturated carbocycles. The molecule has 9 nitrogen and oxygen atoms in total. The number of carbonyl (C=O) groups is 2. The van der Waals surface area contributed by atoms with Crippen LogP contribution in [0.5, 0.6) is 0 Å². The molecule has 6 N–H and O–H groups in total. The van der Waals surface area contributed by atoms with E-state index in [4.69, 9.17) is 16.6 Å². The fourth-order valence-corrected chi connectivity index (χ4v) is 1.17. The first kappa shape index (κ1) is 13.6. The molecule has 1 heterocycles. The molecule has 0 fully saturated rings. The van der Waals surface area contributed by atoms with E-state index in [1.54, 1.807) is 0 Å². The van der Waals surface area contributed by atoms with Crippen molar-refractivity contribution in [1.82, 2.24) is 14.9 Å². The van der Waals surface area contributed by atoms with Gasteiger partial charge in [-0.25, -0.2) is 4.79 Å². The molecule has 0 bridgehead atoms. The summed E-state index contributed by atoms with van der Waals surface area (Å²) in [5.41, 5.74) is 10.2. The van der Waals surface area contributed by atoms with Gasteiger partial charge in [0.15, 0.2) is 0 Å². The monoisotopic (exact) mass is 255 g/mol. The molecule has 1 rings (SSSR count). The fraction of sp³-hybridized carbons (Fsp3) is 0.333. The molecular weight excluding hydrogens is 242 g/mol. The van der Waals surface area contributed by atoms with Crippen molar-refractivity contribution in [3.05, 3.63) is 22.7 Å². The minimum absolute atomic E-state index is 0.0696. The maximum atomic E-state index is 11.4. The van der Waals surface area contributed by atoms with Crippen molar-refractivity contribution in [2.75, 3.05) is 12.3 Å². The number of aliphatic carboxylic acids is 1. The first-order valence-electron chi connectivity index (χ1n) is 4.98. The van der Waals surface area contributed by atoms with Gasteiger partial charge in [-0.2, -0.15) is 4.98 Å². The highest BCUT2D eigenvalue weighted by atomic mass is 16.4. The summed E-state index contributed by atoms with van der Waals surface area (Å²) in [6.45, 7) is -0.640. The Balaban J connectivity index is 2.63. The SMILES string of the molecule is Nc1ccn(CC(N)C(=O)NCC(=O)O)c(=O)n1. The molecule has 0 spiro atoms. The Labute approximate surface area is 101 Å². The van der Waals surface area contributed by atoms with E-state index in [1.807, 2.05) is 0 Å². The van der Waals surface area contributed by atoms with Gasteiger partial charge in [-0.05, 0) is 6.07 Å². The number of anilines is 1. The first-order valence-corrected chi connectivity index (χ1v) is 4.98. The van der Waals surface area contributed by atoms with Crippen LogP contribution in [0.3, 0.4) is 0 Å². The van der Waals surface area contributed by atoms with Crippen molar-refractivity contribution in [3.63, 3.8) is 0 Å². The van der Waals surface area contributed by atoms with Gasteiger partial charge in [-0.1, -0.05) is 0 Å². The smallest absolute Gasteiger partial charge is 0.349 e. The minimum Gasteiger partial charge on any atom is -0.480 e. The second-order valence-corrected chi connectivity index (χ2v) is 3.51. The predicted octanol–water partition coefficient (Wildman–Crippen LogP) is -2.65. The Morgan fingerprint density at radius 3 is 2.78 bits per heavy atom. The van der Waals surface area contributed by atoms with E-state index >= 15 is 0 Å². The number of hydrogen-bond acceptors (Lipinski definition) is 6. The molecule has 1 amide bonds. The van der Waals surface area contributed by atoms with Crippen molar-refractivity contribution in [1.29, 1.82) is 0 Å². The number of carboxylic acids is 1. The fourth-order valence-electron chi connectivity index (χ4n) is 1.17. The van der Waals surface area contributed by atoms with E-state index in [-0.39, 0.29) is 12.4 Å². The topological polar surface area (TPSA) is 153 Å². The number of carboxylic acid groups (broad SMARTS) is 1. The molecule has 0 aliphatic rings. The van der Waals surface area contributed by atoms with Crippen LogP contribution in [0.4, 0.5) is 5.82 Å². The highest BCUT2D eigenvalue weighted by Gasteiger charge is 2.15. The summed E-state index contributed by atoms with van der Waals surface area (Å²) < 4.78 is 1.11. The van der Waals surface area contributed by atoms with Crippen molar-refractivity contribution < 1.29 is 14.7 Å². The van der Waals surface area contributed by atoms with Gasteiger partial charge < -0.3 is 21.9 Å². The third-order valence-corrected chi connectivity index (χ3v) is 2.04. The average Bonchev–Trinajstić information content (AvgIpc) is 2.29. The Kier molecular flexibility index (Phi) is 4.38. The quantitative estimate of drug-likeness (QED) is 0.448. The molecule has 1 unspecified atom stereocenters. The Hall–Kier alpha value is -2.42. The predicted molar refractivity (Wildman–Crippen MR) is 61.5 cm³/mol. The van der Waals surface area contributed by atoms with E-state index in [0.717, 1.165) is 4.57 Å². The summed E-state index contributed by atoms with van der Waals surface area (Å²) in [5, 5.41) is 10.5. The van der Waals surface area contributed by atoms with Crippen LogP contribution in [0.1, 0.15) is 0 Å². The summed E-state index contributed by atoms with van der Waals surface area (Å²) in [5.74, 6) is -1.77. The van der Waals surface area contributed by atoms with Gasteiger partial charge in [0.1, 0.15) is 18.4 Å². The van der Waals surface area contributed by atoms with Crippen LogP contribution in [-0.2, 0) is 16.1 Å². The zero-order valence-electron chi connectivity index (χ0n) is 9.37. The number of nitrogens with one attached hydrogen (secondary N) is 1. The Morgan fingerprint density at radius 1 is 1.56 bits per heavy atom. The third-order valence-electron chi connectivity index (χ3n) is 2.04. The van der Waals surface area contributed by atoms with Gasteiger partial charge in [0.25, 0.3) is 0 Å². The average molecular weight is 255 g/mol. The van der Waals surface area contributed by atoms with Crippen molar-refractivity contribution in [2.24, 2.45) is 5.73 Å². The van der Waals surface area contributed by atoms with Crippen LogP contribution in [0.15, 0.2) is 17.1 Å². The van der Waals surface area contributed by atoms with E-state index in [2.05, 4.69) is 10.3 Å². The molecule has 1 aromatic heterocycles. The molecule has 0 radical (unpaired) electrons. The largest absolute Gasteiger partial charge is 0.480 e. The molecule has 0 aromatic carbocycles. The van der Waals surface area contributed by atoms with Crippen LogP contribution in [0, 0.1) is 0 Å². The lowest BCUT2D eigenvalue weighted by Crippen LogP contribution is -2.46. The molecule has 18 heavy (non-hydrogen) atoms. The normalized spacial score (nSPS) is 11.8. The lowest BCUT2D eigenvalue weighted by Gasteiger charge is -2.12. The summed E-state index contributed by atoms with van der Waals surface area (Å²) in [7, 11) is 0. The second-order valence-electron chi connectivity index (χ2n) is 3.51. The molecule has 9 heteroatoms. The van der Waals surface area contributed by atoms with Gasteiger partial charge in [-0.15, -0.1) is 0 Å². The molecule has 0 saturated heterocycles. The number of hydrogen-bond donors (Lipinski definition) is 4. The number of amides is 1. The van der Waals surface area contributed by atoms with Crippen LogP contribution < -0.4 is 22.5 Å². The van der Waals surface area contributed by atoms with Crippen LogP contribution in [-0.4, -0.2) is 39.1 Å². The number of rotatable bonds is 5. The summed E-state index contributed by atoms with van der Waals surface area (Å²) in [6, 6.07) is 0.344. The summed E-state index contributed by atoms with van der Waals surface area (Å²) in [6.07, 6.45) is 1.36. The summed E-state index contributed by atoms with van der Waals surface area (Å²) >= 11 is 0. The van der Waals surface area contributed by atoms with Crippen molar-refractivity contribution >= 4 is 17.7 Å². The van der Waals surface area contributed by atoms with Crippen molar-refractivity contribution in [3.8, 4) is 0 Å². The van der Waals surface area contributed by atoms with E-state index < -0.39 is 30.2 Å². The minimum atomic E-state index is -1.18. The third kappa shape index (κ3) is 3.87. The second kappa shape index (κ2) is 5.77. The molecular formula is C9H13N5O4. The standard InChI is InChI=1S/C9H13N5O4/c10-5(8(17)12-3-7(15)16)4-14-2-1-6(11)13-9(14)18/h1-2,5H,3-4,10H2,(H,12,17)(H,15,16)(H2,11,13,18). The Morgan fingerprint density at radius 2 is 2.22 bits per heavy atom. The molecule has 0 aliphatic carbocycles. The van der Waals surface area contributed by atoms with Gasteiger partial charge in [0.05, 0.1) is 6.54 Å². The highest BCUT2D eigenvalue weighted by Crippen LogP contribution is 1.91. The lowest BCUT2D eigenvalue weighted by atomic mass is 10.3. The van der Waals surface area contributed by atoms with E-state index in [1.165, 1.54) is 12.3 Å². The maximum Gasteiger partial charge on any atom is 0.349 e. The zero-order valence-corrected chi connectivity index (χ0v) is 9.37. The lowest BCUT2D eigenvalue weighted by molar-refractivity contribution is -0.138. The van der Waals surface area contributed by atoms with Gasteiger partial charge in [0, 0.05) is 6.20 Å². The Bertz CT molecular complexity index is 512.